The number of hydrogen-bond donors (Lipinski definition) is 2. The average molecular weight is 434 g/mol. The molecule has 29 heavy (non-hydrogen) atoms. The van der Waals surface area contributed by atoms with E-state index in [9.17, 15) is 18.0 Å². The highest BCUT2D eigenvalue weighted by Crippen LogP contribution is 2.36. The topological polar surface area (TPSA) is 78.9 Å². The van der Waals surface area contributed by atoms with Gasteiger partial charge in [0.05, 0.1) is 19.1 Å². The standard InChI is InChI=1S/C17H24N2O2S.C2HF3O2/c20-17(18-14-1-2-14)7-16-15-3-5-19(9-13(15)10-21-16)8-12-4-6-22-11-12;3-2(4,5)1(6)7/h4,6,11,13-16H,1-3,5,7-10H2,(H,18,20);(H,6,7)/t13-,15-,16+;/m1./s1. The summed E-state index contributed by atoms with van der Waals surface area (Å²) in [7, 11) is 0. The average Bonchev–Trinajstić information content (AvgIpc) is 3.14. The number of carboxylic acid groups (broad SMARTS) is 1. The van der Waals surface area contributed by atoms with Crippen LogP contribution in [0.1, 0.15) is 31.2 Å². The Morgan fingerprint density at radius 1 is 1.31 bits per heavy atom. The van der Waals surface area contributed by atoms with Crippen LogP contribution in [0.4, 0.5) is 13.2 Å². The van der Waals surface area contributed by atoms with Crippen molar-refractivity contribution in [1.82, 2.24) is 10.2 Å². The smallest absolute Gasteiger partial charge is 0.475 e. The third kappa shape index (κ3) is 6.68. The summed E-state index contributed by atoms with van der Waals surface area (Å²) in [4.78, 5) is 23.4. The van der Waals surface area contributed by atoms with E-state index >= 15 is 0 Å². The van der Waals surface area contributed by atoms with E-state index in [1.54, 1.807) is 11.3 Å². The van der Waals surface area contributed by atoms with Gasteiger partial charge in [-0.3, -0.25) is 9.69 Å². The molecule has 162 valence electrons. The van der Waals surface area contributed by atoms with Gasteiger partial charge in [0.2, 0.25) is 5.91 Å². The summed E-state index contributed by atoms with van der Waals surface area (Å²) >= 11 is 1.77. The fourth-order valence-corrected chi connectivity index (χ4v) is 4.51. The number of ether oxygens (including phenoxy) is 1. The van der Waals surface area contributed by atoms with E-state index in [4.69, 9.17) is 14.6 Å². The van der Waals surface area contributed by atoms with E-state index in [0.29, 0.717) is 24.3 Å². The number of piperidine rings is 1. The molecule has 2 N–H and O–H groups in total. The number of nitrogens with zero attached hydrogens (tertiary/aromatic N) is 1. The molecule has 1 saturated carbocycles. The first-order valence-electron chi connectivity index (χ1n) is 9.67. The van der Waals surface area contributed by atoms with Gasteiger partial charge in [0.25, 0.3) is 0 Å². The highest BCUT2D eigenvalue weighted by atomic mass is 32.1. The van der Waals surface area contributed by atoms with Gasteiger partial charge < -0.3 is 15.2 Å². The third-order valence-corrected chi connectivity index (χ3v) is 6.17. The molecule has 1 aromatic heterocycles. The summed E-state index contributed by atoms with van der Waals surface area (Å²) in [5.74, 6) is -1.39. The normalized spacial score (nSPS) is 26.9. The number of fused-ring (bicyclic) bond motifs is 1. The van der Waals surface area contributed by atoms with Crippen LogP contribution < -0.4 is 5.32 Å². The molecule has 2 aliphatic heterocycles. The van der Waals surface area contributed by atoms with Gasteiger partial charge in [-0.1, -0.05) is 0 Å². The van der Waals surface area contributed by atoms with E-state index in [1.165, 1.54) is 5.56 Å². The molecule has 3 heterocycles. The predicted molar refractivity (Wildman–Crippen MR) is 100 cm³/mol. The van der Waals surface area contributed by atoms with Crippen LogP contribution in [-0.2, 0) is 20.9 Å². The molecular weight excluding hydrogens is 409 g/mol. The lowest BCUT2D eigenvalue weighted by atomic mass is 9.83. The third-order valence-electron chi connectivity index (χ3n) is 5.44. The summed E-state index contributed by atoms with van der Waals surface area (Å²) in [5.41, 5.74) is 1.42. The van der Waals surface area contributed by atoms with Crippen LogP contribution in [0.3, 0.4) is 0 Å². The number of aliphatic carboxylic acids is 1. The van der Waals surface area contributed by atoms with Crippen molar-refractivity contribution in [3.63, 3.8) is 0 Å². The Labute approximate surface area is 171 Å². The van der Waals surface area contributed by atoms with Crippen molar-refractivity contribution in [2.24, 2.45) is 11.8 Å². The summed E-state index contributed by atoms with van der Waals surface area (Å²) in [5, 5.41) is 14.6. The van der Waals surface area contributed by atoms with Gasteiger partial charge >= 0.3 is 12.1 Å². The van der Waals surface area contributed by atoms with Crippen molar-refractivity contribution in [3.8, 4) is 0 Å². The highest BCUT2D eigenvalue weighted by Gasteiger charge is 2.42. The molecule has 1 aliphatic carbocycles. The number of thiophene rings is 1. The number of hydrogen-bond acceptors (Lipinski definition) is 5. The molecule has 0 unspecified atom stereocenters. The number of likely N-dealkylation sites (tertiary alicyclic amines) is 1. The molecule has 0 radical (unpaired) electrons. The van der Waals surface area contributed by atoms with Crippen molar-refractivity contribution in [2.75, 3.05) is 19.7 Å². The first-order valence-corrected chi connectivity index (χ1v) is 10.6. The Balaban J connectivity index is 0.000000298. The van der Waals surface area contributed by atoms with Crippen LogP contribution in [0.2, 0.25) is 0 Å². The maximum absolute atomic E-state index is 12.0. The maximum atomic E-state index is 12.0. The minimum absolute atomic E-state index is 0.145. The number of nitrogens with one attached hydrogen (secondary N) is 1. The Hall–Kier alpha value is -1.65. The molecule has 3 atom stereocenters. The lowest BCUT2D eigenvalue weighted by Crippen LogP contribution is -2.42. The van der Waals surface area contributed by atoms with E-state index in [2.05, 4.69) is 27.0 Å². The largest absolute Gasteiger partial charge is 0.490 e. The maximum Gasteiger partial charge on any atom is 0.490 e. The molecule has 3 aliphatic rings. The number of amides is 1. The second-order valence-corrected chi connectivity index (χ2v) is 8.58. The number of carbonyl (C=O) groups excluding carboxylic acids is 1. The summed E-state index contributed by atoms with van der Waals surface area (Å²) in [6.45, 7) is 4.12. The van der Waals surface area contributed by atoms with E-state index in [-0.39, 0.29) is 12.0 Å². The second-order valence-electron chi connectivity index (χ2n) is 7.80. The Bertz CT molecular complexity index is 694. The van der Waals surface area contributed by atoms with E-state index in [0.717, 1.165) is 45.5 Å². The molecule has 0 bridgehead atoms. The number of rotatable bonds is 5. The molecule has 0 aromatic carbocycles. The fraction of sp³-hybridized carbons (Fsp3) is 0.684. The number of halogens is 3. The van der Waals surface area contributed by atoms with Gasteiger partial charge in [-0.25, -0.2) is 4.79 Å². The zero-order valence-electron chi connectivity index (χ0n) is 15.9. The molecule has 3 fully saturated rings. The van der Waals surface area contributed by atoms with Crippen LogP contribution in [0.5, 0.6) is 0 Å². The fourth-order valence-electron chi connectivity index (χ4n) is 3.85. The lowest BCUT2D eigenvalue weighted by Gasteiger charge is -2.35. The first kappa shape index (κ1) is 22.0. The van der Waals surface area contributed by atoms with Gasteiger partial charge in [0.15, 0.2) is 0 Å². The summed E-state index contributed by atoms with van der Waals surface area (Å²) < 4.78 is 37.7. The van der Waals surface area contributed by atoms with Gasteiger partial charge in [0, 0.05) is 25.0 Å². The lowest BCUT2D eigenvalue weighted by molar-refractivity contribution is -0.192. The minimum Gasteiger partial charge on any atom is -0.475 e. The van der Waals surface area contributed by atoms with Crippen LogP contribution in [-0.4, -0.2) is 59.9 Å². The quantitative estimate of drug-likeness (QED) is 0.745. The van der Waals surface area contributed by atoms with Crippen molar-refractivity contribution >= 4 is 23.2 Å². The number of carboxylic acids is 1. The van der Waals surface area contributed by atoms with Crippen molar-refractivity contribution < 1.29 is 32.6 Å². The summed E-state index contributed by atoms with van der Waals surface area (Å²) in [6.07, 6.45) is -0.910. The SMILES string of the molecule is O=C(C[C@@H]1OC[C@H]2CN(Cc3ccsc3)CC[C@H]21)NC1CC1.O=C(O)C(F)(F)F. The van der Waals surface area contributed by atoms with Gasteiger partial charge in [0.1, 0.15) is 0 Å². The van der Waals surface area contributed by atoms with Crippen molar-refractivity contribution in [2.45, 2.75) is 50.6 Å². The zero-order chi connectivity index (χ0) is 21.0. The second kappa shape index (κ2) is 9.44. The molecule has 10 heteroatoms. The van der Waals surface area contributed by atoms with Crippen LogP contribution in [0.15, 0.2) is 16.8 Å². The Kier molecular flexibility index (Phi) is 7.18. The van der Waals surface area contributed by atoms with E-state index < -0.39 is 12.1 Å². The molecular formula is C19H25F3N2O4S. The van der Waals surface area contributed by atoms with Gasteiger partial charge in [-0.15, -0.1) is 0 Å². The Morgan fingerprint density at radius 3 is 2.62 bits per heavy atom. The monoisotopic (exact) mass is 434 g/mol. The van der Waals surface area contributed by atoms with Crippen molar-refractivity contribution in [1.29, 1.82) is 0 Å². The highest BCUT2D eigenvalue weighted by molar-refractivity contribution is 7.07. The molecule has 2 saturated heterocycles. The van der Waals surface area contributed by atoms with Gasteiger partial charge in [-0.2, -0.15) is 24.5 Å². The molecule has 1 amide bonds. The van der Waals surface area contributed by atoms with Crippen LogP contribution in [0.25, 0.3) is 0 Å². The summed E-state index contributed by atoms with van der Waals surface area (Å²) in [6, 6.07) is 2.67. The minimum atomic E-state index is -5.08. The van der Waals surface area contributed by atoms with Crippen LogP contribution in [0, 0.1) is 11.8 Å². The molecule has 4 rings (SSSR count). The first-order chi connectivity index (χ1) is 13.7. The zero-order valence-corrected chi connectivity index (χ0v) is 16.7. The molecule has 0 spiro atoms. The molecule has 6 nitrogen and oxygen atoms in total. The van der Waals surface area contributed by atoms with Crippen LogP contribution >= 0.6 is 11.3 Å². The predicted octanol–water partition coefficient (Wildman–Crippen LogP) is 2.89. The van der Waals surface area contributed by atoms with Crippen molar-refractivity contribution in [3.05, 3.63) is 22.4 Å². The van der Waals surface area contributed by atoms with E-state index in [1.807, 2.05) is 0 Å². The Morgan fingerprint density at radius 2 is 2.03 bits per heavy atom. The van der Waals surface area contributed by atoms with Gasteiger partial charge in [-0.05, 0) is 54.1 Å². The number of alkyl halides is 3. The molecule has 1 aromatic rings. The number of carbonyl (C=O) groups is 2.